The molecule has 7 heteroatoms. The Labute approximate surface area is 121 Å². The fourth-order valence-electron chi connectivity index (χ4n) is 1.73. The monoisotopic (exact) mass is 339 g/mol. The number of aromatic nitrogens is 3. The molecule has 3 aromatic rings. The summed E-state index contributed by atoms with van der Waals surface area (Å²) in [6.45, 7) is 0. The van der Waals surface area contributed by atoms with Crippen LogP contribution in [0, 0.1) is 0 Å². The predicted molar refractivity (Wildman–Crippen MR) is 74.5 cm³/mol. The van der Waals surface area contributed by atoms with Crippen LogP contribution in [0.3, 0.4) is 0 Å². The normalized spacial score (nSPS) is 11.1. The van der Waals surface area contributed by atoms with E-state index in [1.807, 2.05) is 0 Å². The highest BCUT2D eigenvalue weighted by molar-refractivity contribution is 9.10. The van der Waals surface area contributed by atoms with Crippen LogP contribution in [0.25, 0.3) is 16.9 Å². The summed E-state index contributed by atoms with van der Waals surface area (Å²) in [5, 5.41) is 23.3. The zero-order valence-corrected chi connectivity index (χ0v) is 11.7. The van der Waals surface area contributed by atoms with Gasteiger partial charge in [0.15, 0.2) is 17.1 Å². The smallest absolute Gasteiger partial charge is 0.171 e. The number of hydrogen-bond donors (Lipinski definition) is 2. The Morgan fingerprint density at radius 2 is 1.95 bits per heavy atom. The van der Waals surface area contributed by atoms with Gasteiger partial charge in [0.25, 0.3) is 0 Å². The van der Waals surface area contributed by atoms with E-state index in [1.54, 1.807) is 18.3 Å². The van der Waals surface area contributed by atoms with Crippen molar-refractivity contribution in [3.8, 4) is 22.8 Å². The van der Waals surface area contributed by atoms with Gasteiger partial charge in [0.2, 0.25) is 0 Å². The highest BCUT2D eigenvalue weighted by atomic mass is 79.9. The van der Waals surface area contributed by atoms with Gasteiger partial charge in [-0.3, -0.25) is 0 Å². The van der Waals surface area contributed by atoms with Crippen molar-refractivity contribution in [1.82, 2.24) is 14.6 Å². The quantitative estimate of drug-likeness (QED) is 0.527. The average Bonchev–Trinajstić information content (AvgIpc) is 2.75. The van der Waals surface area contributed by atoms with Crippen molar-refractivity contribution in [3.05, 3.63) is 40.1 Å². The van der Waals surface area contributed by atoms with Crippen LogP contribution in [-0.4, -0.2) is 24.8 Å². The van der Waals surface area contributed by atoms with E-state index in [0.717, 1.165) is 4.47 Å². The van der Waals surface area contributed by atoms with Gasteiger partial charge >= 0.3 is 0 Å². The minimum Gasteiger partial charge on any atom is -0.504 e. The number of halogens is 2. The molecule has 96 valence electrons. The van der Waals surface area contributed by atoms with Gasteiger partial charge in [-0.05, 0) is 34.1 Å². The molecule has 2 aromatic heterocycles. The summed E-state index contributed by atoms with van der Waals surface area (Å²) in [5.74, 6) is -0.385. The lowest BCUT2D eigenvalue weighted by Gasteiger charge is -2.05. The average molecular weight is 341 g/mol. The van der Waals surface area contributed by atoms with Gasteiger partial charge in [-0.15, -0.1) is 0 Å². The number of benzene rings is 1. The molecule has 2 heterocycles. The molecule has 0 radical (unpaired) electrons. The summed E-state index contributed by atoms with van der Waals surface area (Å²) < 4.78 is 2.22. The first kappa shape index (κ1) is 12.3. The summed E-state index contributed by atoms with van der Waals surface area (Å²) in [5.41, 5.74) is 1.80. The molecule has 0 fully saturated rings. The largest absolute Gasteiger partial charge is 0.504 e. The second kappa shape index (κ2) is 4.40. The van der Waals surface area contributed by atoms with Crippen molar-refractivity contribution in [3.63, 3.8) is 0 Å². The number of hydrogen-bond acceptors (Lipinski definition) is 4. The van der Waals surface area contributed by atoms with Gasteiger partial charge in [0, 0.05) is 11.6 Å². The zero-order valence-electron chi connectivity index (χ0n) is 9.38. The third kappa shape index (κ3) is 2.02. The summed E-state index contributed by atoms with van der Waals surface area (Å²) in [6, 6.07) is 6.11. The minimum atomic E-state index is -0.206. The topological polar surface area (TPSA) is 70.7 Å². The SMILES string of the molecule is Oc1ccc(-c2cc(Cl)n3ncc(Br)c3n2)cc1O. The lowest BCUT2D eigenvalue weighted by Crippen LogP contribution is -1.94. The predicted octanol–water partition coefficient (Wildman–Crippen LogP) is 3.22. The van der Waals surface area contributed by atoms with Gasteiger partial charge in [0.1, 0.15) is 5.15 Å². The molecule has 0 bridgehead atoms. The molecule has 0 aliphatic heterocycles. The Morgan fingerprint density at radius 3 is 2.68 bits per heavy atom. The molecule has 0 aliphatic carbocycles. The lowest BCUT2D eigenvalue weighted by atomic mass is 10.1. The molecule has 1 aromatic carbocycles. The maximum atomic E-state index is 9.52. The van der Waals surface area contributed by atoms with Crippen LogP contribution in [0.2, 0.25) is 5.15 Å². The first-order valence-electron chi connectivity index (χ1n) is 5.28. The van der Waals surface area contributed by atoms with Gasteiger partial charge < -0.3 is 10.2 Å². The van der Waals surface area contributed by atoms with E-state index in [2.05, 4.69) is 26.0 Å². The van der Waals surface area contributed by atoms with Crippen LogP contribution in [-0.2, 0) is 0 Å². The molecule has 0 unspecified atom stereocenters. The van der Waals surface area contributed by atoms with E-state index in [4.69, 9.17) is 11.6 Å². The molecular weight excluding hydrogens is 334 g/mol. The number of rotatable bonds is 1. The molecule has 0 saturated carbocycles. The molecule has 3 rings (SSSR count). The summed E-state index contributed by atoms with van der Waals surface area (Å²) in [7, 11) is 0. The Kier molecular flexibility index (Phi) is 2.83. The highest BCUT2D eigenvalue weighted by Crippen LogP contribution is 2.31. The summed E-state index contributed by atoms with van der Waals surface area (Å²) >= 11 is 9.46. The molecule has 0 amide bonds. The van der Waals surface area contributed by atoms with Crippen LogP contribution < -0.4 is 0 Å². The molecule has 5 nitrogen and oxygen atoms in total. The third-order valence-electron chi connectivity index (χ3n) is 2.66. The van der Waals surface area contributed by atoms with Crippen LogP contribution >= 0.6 is 27.5 Å². The lowest BCUT2D eigenvalue weighted by molar-refractivity contribution is 0.404. The standard InChI is InChI=1S/C12H7BrClN3O2/c13-7-5-15-17-11(14)4-8(16-12(7)17)6-1-2-9(18)10(19)3-6/h1-5,18-19H. The first-order valence-corrected chi connectivity index (χ1v) is 6.45. The number of phenolic OH excluding ortho intramolecular Hbond substituents is 2. The molecule has 0 atom stereocenters. The van der Waals surface area contributed by atoms with Crippen molar-refractivity contribution in [2.45, 2.75) is 0 Å². The van der Waals surface area contributed by atoms with E-state index in [1.165, 1.54) is 16.6 Å². The Morgan fingerprint density at radius 1 is 1.16 bits per heavy atom. The van der Waals surface area contributed by atoms with Crippen LogP contribution in [0.15, 0.2) is 34.9 Å². The fraction of sp³-hybridized carbons (Fsp3) is 0. The minimum absolute atomic E-state index is 0.179. The van der Waals surface area contributed by atoms with Gasteiger partial charge in [0.05, 0.1) is 16.4 Å². The number of aromatic hydroxyl groups is 2. The fourth-order valence-corrected chi connectivity index (χ4v) is 2.31. The number of fused-ring (bicyclic) bond motifs is 1. The molecule has 0 saturated heterocycles. The van der Waals surface area contributed by atoms with Crippen molar-refractivity contribution in [1.29, 1.82) is 0 Å². The third-order valence-corrected chi connectivity index (χ3v) is 3.49. The number of nitrogens with zero attached hydrogens (tertiary/aromatic N) is 3. The van der Waals surface area contributed by atoms with Crippen molar-refractivity contribution in [2.75, 3.05) is 0 Å². The van der Waals surface area contributed by atoms with Gasteiger partial charge in [-0.25, -0.2) is 9.50 Å². The maximum Gasteiger partial charge on any atom is 0.171 e. The Hall–Kier alpha value is -1.79. The van der Waals surface area contributed by atoms with Gasteiger partial charge in [-0.2, -0.15) is 5.10 Å². The molecule has 2 N–H and O–H groups in total. The van der Waals surface area contributed by atoms with Crippen LogP contribution in [0.1, 0.15) is 0 Å². The Bertz CT molecular complexity index is 788. The van der Waals surface area contributed by atoms with Crippen molar-refractivity contribution < 1.29 is 10.2 Å². The van der Waals surface area contributed by atoms with E-state index >= 15 is 0 Å². The summed E-state index contributed by atoms with van der Waals surface area (Å²) in [6.07, 6.45) is 1.60. The number of phenols is 2. The van der Waals surface area contributed by atoms with Gasteiger partial charge in [-0.1, -0.05) is 11.6 Å². The molecule has 19 heavy (non-hydrogen) atoms. The molecule has 0 aliphatic rings. The van der Waals surface area contributed by atoms with Crippen LogP contribution in [0.4, 0.5) is 0 Å². The second-order valence-corrected chi connectivity index (χ2v) is 5.14. The van der Waals surface area contributed by atoms with Crippen LogP contribution in [0.5, 0.6) is 11.5 Å². The first-order chi connectivity index (χ1) is 9.06. The maximum absolute atomic E-state index is 9.52. The zero-order chi connectivity index (χ0) is 13.6. The van der Waals surface area contributed by atoms with E-state index in [-0.39, 0.29) is 11.5 Å². The van der Waals surface area contributed by atoms with Crippen molar-refractivity contribution >= 4 is 33.2 Å². The van der Waals surface area contributed by atoms with E-state index < -0.39 is 0 Å². The summed E-state index contributed by atoms with van der Waals surface area (Å²) in [4.78, 5) is 4.41. The molecular formula is C12H7BrClN3O2. The van der Waals surface area contributed by atoms with E-state index in [9.17, 15) is 10.2 Å². The molecule has 0 spiro atoms. The Balaban J connectivity index is 2.24. The van der Waals surface area contributed by atoms with Crippen molar-refractivity contribution in [2.24, 2.45) is 0 Å². The highest BCUT2D eigenvalue weighted by Gasteiger charge is 2.11. The van der Waals surface area contributed by atoms with E-state index in [0.29, 0.717) is 22.1 Å². The second-order valence-electron chi connectivity index (χ2n) is 3.90.